The summed E-state index contributed by atoms with van der Waals surface area (Å²) in [6.45, 7) is 6.23. The molecule has 0 aliphatic carbocycles. The van der Waals surface area contributed by atoms with Gasteiger partial charge >= 0.3 is 0 Å². The van der Waals surface area contributed by atoms with Gasteiger partial charge in [0.25, 0.3) is 0 Å². The zero-order valence-electron chi connectivity index (χ0n) is 9.32. The van der Waals surface area contributed by atoms with E-state index >= 15 is 0 Å². The lowest BCUT2D eigenvalue weighted by molar-refractivity contribution is -0.109. The van der Waals surface area contributed by atoms with Crippen LogP contribution in [-0.2, 0) is 11.8 Å². The number of hydrogen-bond acceptors (Lipinski definition) is 2. The lowest BCUT2D eigenvalue weighted by atomic mass is 10.0. The van der Waals surface area contributed by atoms with Gasteiger partial charge in [-0.3, -0.25) is 4.68 Å². The van der Waals surface area contributed by atoms with Crippen LogP contribution >= 0.6 is 0 Å². The van der Waals surface area contributed by atoms with Gasteiger partial charge in [-0.2, -0.15) is 5.10 Å². The van der Waals surface area contributed by atoms with Gasteiger partial charge in [0.05, 0.1) is 11.6 Å². The van der Waals surface area contributed by atoms with Crippen molar-refractivity contribution in [2.24, 2.45) is 7.05 Å². The first-order chi connectivity index (χ1) is 6.60. The maximum atomic E-state index is 10.8. The third-order valence-corrected chi connectivity index (χ3v) is 2.51. The Bertz CT molecular complexity index is 315. The number of aromatic nitrogens is 2. The molecule has 1 aromatic heterocycles. The monoisotopic (exact) mass is 194 g/mol. The number of hydrogen-bond donors (Lipinski definition) is 0. The molecule has 0 fully saturated rings. The lowest BCUT2D eigenvalue weighted by Crippen LogP contribution is -2.05. The van der Waals surface area contributed by atoms with Crippen LogP contribution in [0.4, 0.5) is 0 Å². The van der Waals surface area contributed by atoms with Crippen molar-refractivity contribution in [3.8, 4) is 0 Å². The number of nitrogens with zero attached hydrogens (tertiary/aromatic N) is 2. The van der Waals surface area contributed by atoms with Crippen molar-refractivity contribution in [1.29, 1.82) is 0 Å². The van der Waals surface area contributed by atoms with Crippen LogP contribution in [0.15, 0.2) is 6.07 Å². The Hall–Kier alpha value is -1.12. The standard InChI is InChI=1S/C11H18N2O/c1-5-9(7-14)11-6-10(8(2)3)12-13(11)4/h6-9H,5H2,1-4H3. The number of aryl methyl sites for hydroxylation is 1. The van der Waals surface area contributed by atoms with Crippen LogP contribution in [0, 0.1) is 0 Å². The maximum Gasteiger partial charge on any atom is 0.129 e. The summed E-state index contributed by atoms with van der Waals surface area (Å²) in [5.74, 6) is 0.402. The second-order valence-corrected chi connectivity index (χ2v) is 3.92. The molecule has 0 N–H and O–H groups in total. The van der Waals surface area contributed by atoms with Gasteiger partial charge in [0.1, 0.15) is 6.29 Å². The summed E-state index contributed by atoms with van der Waals surface area (Å²) < 4.78 is 1.82. The number of carbonyl (C=O) groups is 1. The molecule has 0 aliphatic rings. The highest BCUT2D eigenvalue weighted by atomic mass is 16.1. The molecule has 0 radical (unpaired) electrons. The quantitative estimate of drug-likeness (QED) is 0.689. The molecule has 0 spiro atoms. The van der Waals surface area contributed by atoms with E-state index in [9.17, 15) is 4.79 Å². The van der Waals surface area contributed by atoms with E-state index in [2.05, 4.69) is 18.9 Å². The van der Waals surface area contributed by atoms with E-state index in [1.807, 2.05) is 24.7 Å². The summed E-state index contributed by atoms with van der Waals surface area (Å²) in [7, 11) is 1.90. The molecular formula is C11H18N2O. The zero-order valence-corrected chi connectivity index (χ0v) is 9.32. The number of aldehydes is 1. The average Bonchev–Trinajstić information content (AvgIpc) is 2.51. The lowest BCUT2D eigenvalue weighted by Gasteiger charge is -2.06. The Morgan fingerprint density at radius 1 is 1.57 bits per heavy atom. The molecule has 1 atom stereocenters. The van der Waals surface area contributed by atoms with Gasteiger partial charge in [0.2, 0.25) is 0 Å². The molecule has 0 aliphatic heterocycles. The van der Waals surface area contributed by atoms with Crippen LogP contribution in [0.3, 0.4) is 0 Å². The summed E-state index contributed by atoms with van der Waals surface area (Å²) in [5, 5.41) is 4.38. The molecule has 3 heteroatoms. The van der Waals surface area contributed by atoms with Crippen molar-refractivity contribution in [3.05, 3.63) is 17.5 Å². The second kappa shape index (κ2) is 4.40. The predicted molar refractivity (Wildman–Crippen MR) is 56.4 cm³/mol. The van der Waals surface area contributed by atoms with Crippen LogP contribution in [0.5, 0.6) is 0 Å². The zero-order chi connectivity index (χ0) is 10.7. The average molecular weight is 194 g/mol. The molecule has 0 amide bonds. The van der Waals surface area contributed by atoms with E-state index in [0.717, 1.165) is 24.1 Å². The smallest absolute Gasteiger partial charge is 0.129 e. The fourth-order valence-corrected chi connectivity index (χ4v) is 1.51. The van der Waals surface area contributed by atoms with Crippen LogP contribution in [0.2, 0.25) is 0 Å². The predicted octanol–water partition coefficient (Wildman–Crippen LogP) is 2.24. The molecular weight excluding hydrogens is 176 g/mol. The molecule has 0 saturated heterocycles. The van der Waals surface area contributed by atoms with E-state index in [-0.39, 0.29) is 5.92 Å². The Kier molecular flexibility index (Phi) is 3.44. The summed E-state index contributed by atoms with van der Waals surface area (Å²) in [4.78, 5) is 10.8. The van der Waals surface area contributed by atoms with E-state index in [4.69, 9.17) is 0 Å². The Balaban J connectivity index is 3.02. The number of carbonyl (C=O) groups excluding carboxylic acids is 1. The molecule has 0 saturated carbocycles. The van der Waals surface area contributed by atoms with Gasteiger partial charge in [-0.15, -0.1) is 0 Å². The first-order valence-electron chi connectivity index (χ1n) is 5.09. The summed E-state index contributed by atoms with van der Waals surface area (Å²) >= 11 is 0. The normalized spacial score (nSPS) is 13.2. The summed E-state index contributed by atoms with van der Waals surface area (Å²) in [6, 6.07) is 2.03. The fraction of sp³-hybridized carbons (Fsp3) is 0.636. The topological polar surface area (TPSA) is 34.9 Å². The second-order valence-electron chi connectivity index (χ2n) is 3.92. The van der Waals surface area contributed by atoms with Gasteiger partial charge in [0, 0.05) is 12.7 Å². The van der Waals surface area contributed by atoms with Crippen LogP contribution in [0.1, 0.15) is 50.4 Å². The largest absolute Gasteiger partial charge is 0.303 e. The first kappa shape index (κ1) is 11.0. The molecule has 1 rings (SSSR count). The summed E-state index contributed by atoms with van der Waals surface area (Å²) in [5.41, 5.74) is 2.08. The molecule has 1 aromatic rings. The van der Waals surface area contributed by atoms with Crippen LogP contribution in [0.25, 0.3) is 0 Å². The third kappa shape index (κ3) is 2.03. The van der Waals surface area contributed by atoms with E-state index in [1.54, 1.807) is 0 Å². The van der Waals surface area contributed by atoms with E-state index in [0.29, 0.717) is 5.92 Å². The van der Waals surface area contributed by atoms with Crippen molar-refractivity contribution in [2.45, 2.75) is 39.0 Å². The molecule has 14 heavy (non-hydrogen) atoms. The van der Waals surface area contributed by atoms with E-state index in [1.165, 1.54) is 0 Å². The van der Waals surface area contributed by atoms with Crippen molar-refractivity contribution in [2.75, 3.05) is 0 Å². The molecule has 0 bridgehead atoms. The maximum absolute atomic E-state index is 10.8. The van der Waals surface area contributed by atoms with Crippen molar-refractivity contribution in [3.63, 3.8) is 0 Å². The Labute approximate surface area is 85.1 Å². The highest BCUT2D eigenvalue weighted by Gasteiger charge is 2.15. The van der Waals surface area contributed by atoms with Gasteiger partial charge in [-0.05, 0) is 18.4 Å². The van der Waals surface area contributed by atoms with Crippen molar-refractivity contribution < 1.29 is 4.79 Å². The minimum Gasteiger partial charge on any atom is -0.303 e. The van der Waals surface area contributed by atoms with Crippen molar-refractivity contribution in [1.82, 2.24) is 9.78 Å². The molecule has 3 nitrogen and oxygen atoms in total. The SMILES string of the molecule is CCC(C=O)c1cc(C(C)C)nn1C. The number of rotatable bonds is 4. The van der Waals surface area contributed by atoms with Crippen LogP contribution in [-0.4, -0.2) is 16.1 Å². The summed E-state index contributed by atoms with van der Waals surface area (Å²) in [6.07, 6.45) is 1.84. The highest BCUT2D eigenvalue weighted by molar-refractivity contribution is 5.61. The highest BCUT2D eigenvalue weighted by Crippen LogP contribution is 2.21. The van der Waals surface area contributed by atoms with E-state index < -0.39 is 0 Å². The van der Waals surface area contributed by atoms with Crippen molar-refractivity contribution >= 4 is 6.29 Å². The minimum atomic E-state index is -0.0139. The molecule has 78 valence electrons. The van der Waals surface area contributed by atoms with Crippen LogP contribution < -0.4 is 0 Å². The van der Waals surface area contributed by atoms with Gasteiger partial charge in [0.15, 0.2) is 0 Å². The molecule has 0 aromatic carbocycles. The Morgan fingerprint density at radius 2 is 2.21 bits per heavy atom. The first-order valence-corrected chi connectivity index (χ1v) is 5.09. The van der Waals surface area contributed by atoms with Gasteiger partial charge in [-0.25, -0.2) is 0 Å². The molecule has 1 unspecified atom stereocenters. The molecule has 1 heterocycles. The van der Waals surface area contributed by atoms with Gasteiger partial charge in [-0.1, -0.05) is 20.8 Å². The third-order valence-electron chi connectivity index (χ3n) is 2.51. The Morgan fingerprint density at radius 3 is 2.57 bits per heavy atom. The van der Waals surface area contributed by atoms with Gasteiger partial charge < -0.3 is 4.79 Å². The minimum absolute atomic E-state index is 0.0139. The fourth-order valence-electron chi connectivity index (χ4n) is 1.51.